The molecule has 94 valence electrons. The van der Waals surface area contributed by atoms with E-state index in [-0.39, 0.29) is 0 Å². The fourth-order valence-corrected chi connectivity index (χ4v) is 3.03. The molecule has 5 nitrogen and oxygen atoms in total. The summed E-state index contributed by atoms with van der Waals surface area (Å²) in [7, 11) is 1.62. The number of nitrogens with two attached hydrogens (primary N) is 1. The highest BCUT2D eigenvalue weighted by molar-refractivity contribution is 8.00. The van der Waals surface area contributed by atoms with Crippen LogP contribution in [-0.4, -0.2) is 34.6 Å². The molecule has 1 atom stereocenters. The third kappa shape index (κ3) is 3.74. The lowest BCUT2D eigenvalue weighted by atomic mass is 10.2. The van der Waals surface area contributed by atoms with Crippen LogP contribution in [0.15, 0.2) is 6.07 Å². The molecule has 0 spiro atoms. The van der Waals surface area contributed by atoms with Crippen LogP contribution in [0, 0.1) is 0 Å². The molecule has 1 fully saturated rings. The van der Waals surface area contributed by atoms with E-state index in [1.54, 1.807) is 13.2 Å². The van der Waals surface area contributed by atoms with Gasteiger partial charge in [0.1, 0.15) is 18.2 Å². The molecule has 2 heterocycles. The van der Waals surface area contributed by atoms with Crippen molar-refractivity contribution in [1.82, 2.24) is 9.97 Å². The van der Waals surface area contributed by atoms with Crippen molar-refractivity contribution in [3.8, 4) is 0 Å². The number of nitrogens with one attached hydrogen (secondary N) is 1. The first-order valence-electron chi connectivity index (χ1n) is 5.76. The van der Waals surface area contributed by atoms with Crippen molar-refractivity contribution >= 4 is 23.4 Å². The standard InChI is InChI=1S/C11H18N4OS/c1-16-7-11-14-9(12)5-10(15-11)13-6-8-3-2-4-17-8/h5,8H,2-4,6-7H2,1H3,(H3,12,13,14,15). The van der Waals surface area contributed by atoms with Gasteiger partial charge < -0.3 is 15.8 Å². The summed E-state index contributed by atoms with van der Waals surface area (Å²) in [6, 6.07) is 1.76. The van der Waals surface area contributed by atoms with Gasteiger partial charge in [0.15, 0.2) is 5.82 Å². The van der Waals surface area contributed by atoms with E-state index in [1.807, 2.05) is 11.8 Å². The highest BCUT2D eigenvalue weighted by atomic mass is 32.2. The summed E-state index contributed by atoms with van der Waals surface area (Å²) >= 11 is 2.02. The summed E-state index contributed by atoms with van der Waals surface area (Å²) in [6.45, 7) is 1.32. The van der Waals surface area contributed by atoms with Crippen LogP contribution >= 0.6 is 11.8 Å². The number of nitrogen functional groups attached to an aromatic ring is 1. The van der Waals surface area contributed by atoms with Gasteiger partial charge in [-0.05, 0) is 18.6 Å². The smallest absolute Gasteiger partial charge is 0.158 e. The summed E-state index contributed by atoms with van der Waals surface area (Å²) in [5.41, 5.74) is 5.72. The first-order valence-corrected chi connectivity index (χ1v) is 6.80. The van der Waals surface area contributed by atoms with E-state index in [0.29, 0.717) is 23.5 Å². The zero-order valence-electron chi connectivity index (χ0n) is 9.98. The Morgan fingerprint density at radius 3 is 3.18 bits per heavy atom. The quantitative estimate of drug-likeness (QED) is 0.830. The average Bonchev–Trinajstić information content (AvgIpc) is 2.79. The minimum absolute atomic E-state index is 0.387. The lowest BCUT2D eigenvalue weighted by Gasteiger charge is -2.11. The zero-order valence-corrected chi connectivity index (χ0v) is 10.8. The third-order valence-electron chi connectivity index (χ3n) is 2.60. The number of thioether (sulfide) groups is 1. The van der Waals surface area contributed by atoms with Gasteiger partial charge in [-0.1, -0.05) is 0 Å². The van der Waals surface area contributed by atoms with E-state index in [2.05, 4.69) is 15.3 Å². The molecule has 0 aliphatic carbocycles. The van der Waals surface area contributed by atoms with Gasteiger partial charge in [0.2, 0.25) is 0 Å². The van der Waals surface area contributed by atoms with Crippen molar-refractivity contribution in [2.45, 2.75) is 24.7 Å². The summed E-state index contributed by atoms with van der Waals surface area (Å²) in [5, 5.41) is 4.01. The van der Waals surface area contributed by atoms with Gasteiger partial charge in [-0.25, -0.2) is 9.97 Å². The molecular formula is C11H18N4OS. The predicted molar refractivity (Wildman–Crippen MR) is 71.1 cm³/mol. The second-order valence-electron chi connectivity index (χ2n) is 4.04. The molecule has 0 aromatic carbocycles. The molecule has 2 rings (SSSR count). The van der Waals surface area contributed by atoms with Crippen LogP contribution in [0.3, 0.4) is 0 Å². The Labute approximate surface area is 106 Å². The number of methoxy groups -OCH3 is 1. The predicted octanol–water partition coefficient (Wildman–Crippen LogP) is 1.51. The van der Waals surface area contributed by atoms with Gasteiger partial charge in [0, 0.05) is 25.0 Å². The Morgan fingerprint density at radius 1 is 1.59 bits per heavy atom. The monoisotopic (exact) mass is 254 g/mol. The zero-order chi connectivity index (χ0) is 12.1. The summed E-state index contributed by atoms with van der Waals surface area (Å²) < 4.78 is 5.00. The molecule has 1 saturated heterocycles. The van der Waals surface area contributed by atoms with Gasteiger partial charge in [0.05, 0.1) is 0 Å². The third-order valence-corrected chi connectivity index (χ3v) is 4.00. The van der Waals surface area contributed by atoms with E-state index in [0.717, 1.165) is 12.4 Å². The Bertz CT molecular complexity index is 368. The minimum atomic E-state index is 0.387. The Morgan fingerprint density at radius 2 is 2.47 bits per heavy atom. The maximum Gasteiger partial charge on any atom is 0.158 e. The van der Waals surface area contributed by atoms with Crippen LogP contribution in [0.25, 0.3) is 0 Å². The molecule has 0 amide bonds. The molecule has 3 N–H and O–H groups in total. The Hall–Kier alpha value is -1.01. The van der Waals surface area contributed by atoms with Crippen molar-refractivity contribution in [2.75, 3.05) is 30.5 Å². The van der Waals surface area contributed by atoms with E-state index in [1.165, 1.54) is 18.6 Å². The molecule has 1 aromatic rings. The van der Waals surface area contributed by atoms with E-state index in [9.17, 15) is 0 Å². The molecule has 6 heteroatoms. The number of hydrogen-bond acceptors (Lipinski definition) is 6. The molecule has 0 radical (unpaired) electrons. The second kappa shape index (κ2) is 6.07. The van der Waals surface area contributed by atoms with Crippen LogP contribution < -0.4 is 11.1 Å². The largest absolute Gasteiger partial charge is 0.384 e. The van der Waals surface area contributed by atoms with Crippen molar-refractivity contribution in [2.24, 2.45) is 0 Å². The van der Waals surface area contributed by atoms with Gasteiger partial charge >= 0.3 is 0 Å². The van der Waals surface area contributed by atoms with Gasteiger partial charge in [0.25, 0.3) is 0 Å². The molecule has 1 aromatic heterocycles. The van der Waals surface area contributed by atoms with Crippen LogP contribution in [0.2, 0.25) is 0 Å². The van der Waals surface area contributed by atoms with Crippen LogP contribution in [0.1, 0.15) is 18.7 Å². The number of anilines is 2. The number of nitrogens with zero attached hydrogens (tertiary/aromatic N) is 2. The lowest BCUT2D eigenvalue weighted by molar-refractivity contribution is 0.178. The van der Waals surface area contributed by atoms with E-state index >= 15 is 0 Å². The molecule has 1 aliphatic rings. The molecule has 1 aliphatic heterocycles. The Balaban J connectivity index is 1.94. The van der Waals surface area contributed by atoms with Gasteiger partial charge in [-0.2, -0.15) is 11.8 Å². The fourth-order valence-electron chi connectivity index (χ4n) is 1.83. The molecule has 0 saturated carbocycles. The van der Waals surface area contributed by atoms with Crippen LogP contribution in [0.4, 0.5) is 11.6 Å². The average molecular weight is 254 g/mol. The summed E-state index contributed by atoms with van der Waals surface area (Å²) in [4.78, 5) is 8.45. The topological polar surface area (TPSA) is 73.1 Å². The maximum atomic E-state index is 5.72. The maximum absolute atomic E-state index is 5.72. The first kappa shape index (κ1) is 12.4. The van der Waals surface area contributed by atoms with Gasteiger partial charge in [-0.15, -0.1) is 0 Å². The molecule has 1 unspecified atom stereocenters. The summed E-state index contributed by atoms with van der Waals surface area (Å²) in [5.74, 6) is 3.16. The van der Waals surface area contributed by atoms with E-state index < -0.39 is 0 Å². The van der Waals surface area contributed by atoms with Crippen LogP contribution in [0.5, 0.6) is 0 Å². The highest BCUT2D eigenvalue weighted by Gasteiger charge is 2.15. The SMILES string of the molecule is COCc1nc(N)cc(NCC2CCCS2)n1. The number of aromatic nitrogens is 2. The second-order valence-corrected chi connectivity index (χ2v) is 5.45. The Kier molecular flexibility index (Phi) is 4.44. The number of ether oxygens (including phenoxy) is 1. The van der Waals surface area contributed by atoms with E-state index in [4.69, 9.17) is 10.5 Å². The van der Waals surface area contributed by atoms with Crippen molar-refractivity contribution < 1.29 is 4.74 Å². The number of hydrogen-bond donors (Lipinski definition) is 2. The normalized spacial score (nSPS) is 19.5. The van der Waals surface area contributed by atoms with Gasteiger partial charge in [-0.3, -0.25) is 0 Å². The number of rotatable bonds is 5. The van der Waals surface area contributed by atoms with Crippen molar-refractivity contribution in [3.05, 3.63) is 11.9 Å². The molecule has 0 bridgehead atoms. The summed E-state index contributed by atoms with van der Waals surface area (Å²) in [6.07, 6.45) is 2.60. The minimum Gasteiger partial charge on any atom is -0.384 e. The first-order chi connectivity index (χ1) is 8.28. The highest BCUT2D eigenvalue weighted by Crippen LogP contribution is 2.26. The fraction of sp³-hybridized carbons (Fsp3) is 0.636. The van der Waals surface area contributed by atoms with Crippen molar-refractivity contribution in [3.63, 3.8) is 0 Å². The molecular weight excluding hydrogens is 236 g/mol. The van der Waals surface area contributed by atoms with Crippen molar-refractivity contribution in [1.29, 1.82) is 0 Å². The molecule has 17 heavy (non-hydrogen) atoms. The van der Waals surface area contributed by atoms with Crippen LogP contribution in [-0.2, 0) is 11.3 Å². The lowest BCUT2D eigenvalue weighted by Crippen LogP contribution is -2.15.